The largest absolute Gasteiger partial charge is 0.496 e. The minimum absolute atomic E-state index is 0.0844. The zero-order chi connectivity index (χ0) is 21.6. The quantitative estimate of drug-likeness (QED) is 0.635. The first-order valence-electron chi connectivity index (χ1n) is 10.1. The molecular formula is C22H27ClN2O4S. The van der Waals surface area contributed by atoms with Crippen LogP contribution in [0.3, 0.4) is 0 Å². The van der Waals surface area contributed by atoms with Crippen LogP contribution in [0.4, 0.5) is 0 Å². The van der Waals surface area contributed by atoms with Crippen molar-refractivity contribution in [2.45, 2.75) is 37.0 Å². The SMILES string of the molecule is COc1ccc(S(=O)(=O)N2CCCC2)cc1CCC(=O)NCCc1ccc(Cl)cc1. The van der Waals surface area contributed by atoms with Crippen molar-refractivity contribution in [2.24, 2.45) is 0 Å². The Morgan fingerprint density at radius 2 is 1.80 bits per heavy atom. The van der Waals surface area contributed by atoms with E-state index < -0.39 is 10.0 Å². The molecule has 1 fully saturated rings. The Kier molecular flexibility index (Phi) is 7.75. The minimum atomic E-state index is -3.50. The van der Waals surface area contributed by atoms with Gasteiger partial charge in [0.1, 0.15) is 5.75 Å². The molecule has 0 atom stereocenters. The molecule has 0 aliphatic carbocycles. The summed E-state index contributed by atoms with van der Waals surface area (Å²) in [6.07, 6.45) is 3.15. The van der Waals surface area contributed by atoms with Crippen molar-refractivity contribution in [3.05, 3.63) is 58.6 Å². The highest BCUT2D eigenvalue weighted by atomic mass is 35.5. The van der Waals surface area contributed by atoms with Crippen molar-refractivity contribution in [2.75, 3.05) is 26.7 Å². The van der Waals surface area contributed by atoms with E-state index in [0.29, 0.717) is 42.4 Å². The molecule has 8 heteroatoms. The molecule has 3 rings (SSSR count). The second-order valence-electron chi connectivity index (χ2n) is 7.31. The second-order valence-corrected chi connectivity index (χ2v) is 9.69. The maximum atomic E-state index is 12.8. The van der Waals surface area contributed by atoms with Crippen LogP contribution in [-0.4, -0.2) is 45.4 Å². The zero-order valence-electron chi connectivity index (χ0n) is 17.1. The zero-order valence-corrected chi connectivity index (χ0v) is 18.6. The predicted octanol–water partition coefficient (Wildman–Crippen LogP) is 3.42. The van der Waals surface area contributed by atoms with Gasteiger partial charge in [-0.1, -0.05) is 23.7 Å². The molecule has 1 heterocycles. The highest BCUT2D eigenvalue weighted by Crippen LogP contribution is 2.27. The van der Waals surface area contributed by atoms with E-state index in [1.54, 1.807) is 25.3 Å². The summed E-state index contributed by atoms with van der Waals surface area (Å²) in [6, 6.07) is 12.4. The fourth-order valence-electron chi connectivity index (χ4n) is 3.52. The van der Waals surface area contributed by atoms with E-state index in [1.807, 2.05) is 24.3 Å². The molecule has 162 valence electrons. The average Bonchev–Trinajstić information content (AvgIpc) is 3.29. The summed E-state index contributed by atoms with van der Waals surface area (Å²) in [5.41, 5.74) is 1.81. The van der Waals surface area contributed by atoms with Gasteiger partial charge in [-0.2, -0.15) is 4.31 Å². The second kappa shape index (κ2) is 10.3. The first-order valence-corrected chi connectivity index (χ1v) is 11.9. The topological polar surface area (TPSA) is 75.7 Å². The summed E-state index contributed by atoms with van der Waals surface area (Å²) in [5.74, 6) is 0.503. The Hall–Kier alpha value is -2.09. The van der Waals surface area contributed by atoms with E-state index in [-0.39, 0.29) is 17.2 Å². The van der Waals surface area contributed by atoms with Crippen molar-refractivity contribution < 1.29 is 17.9 Å². The third kappa shape index (κ3) is 5.74. The number of halogens is 1. The number of aryl methyl sites for hydroxylation is 1. The smallest absolute Gasteiger partial charge is 0.243 e. The van der Waals surface area contributed by atoms with Crippen LogP contribution >= 0.6 is 11.6 Å². The van der Waals surface area contributed by atoms with Crippen LogP contribution in [0, 0.1) is 0 Å². The molecule has 1 aliphatic heterocycles. The molecule has 0 unspecified atom stereocenters. The number of rotatable bonds is 9. The van der Waals surface area contributed by atoms with Gasteiger partial charge in [-0.25, -0.2) is 8.42 Å². The summed E-state index contributed by atoms with van der Waals surface area (Å²) in [4.78, 5) is 12.5. The van der Waals surface area contributed by atoms with E-state index in [1.165, 1.54) is 4.31 Å². The molecule has 0 bridgehead atoms. The predicted molar refractivity (Wildman–Crippen MR) is 117 cm³/mol. The lowest BCUT2D eigenvalue weighted by Gasteiger charge is -2.17. The van der Waals surface area contributed by atoms with Crippen molar-refractivity contribution in [1.29, 1.82) is 0 Å². The molecule has 1 aliphatic rings. The van der Waals surface area contributed by atoms with E-state index in [0.717, 1.165) is 24.8 Å². The molecule has 2 aromatic carbocycles. The molecule has 0 radical (unpaired) electrons. The number of ether oxygens (including phenoxy) is 1. The Morgan fingerprint density at radius 3 is 2.47 bits per heavy atom. The van der Waals surface area contributed by atoms with Crippen LogP contribution in [0.25, 0.3) is 0 Å². The molecule has 0 aromatic heterocycles. The third-order valence-electron chi connectivity index (χ3n) is 5.23. The lowest BCUT2D eigenvalue weighted by atomic mass is 10.1. The van der Waals surface area contributed by atoms with Crippen molar-refractivity contribution >= 4 is 27.5 Å². The lowest BCUT2D eigenvalue weighted by molar-refractivity contribution is -0.121. The standard InChI is InChI=1S/C22H27ClN2O4S/c1-29-21-10-9-20(30(27,28)25-14-2-3-15-25)16-18(21)6-11-22(26)24-13-12-17-4-7-19(23)8-5-17/h4-5,7-10,16H,2-3,6,11-15H2,1H3,(H,24,26). The Labute approximate surface area is 183 Å². The molecule has 1 saturated heterocycles. The number of hydrogen-bond donors (Lipinski definition) is 1. The Balaban J connectivity index is 1.58. The molecule has 30 heavy (non-hydrogen) atoms. The summed E-state index contributed by atoms with van der Waals surface area (Å²) in [5, 5.41) is 3.59. The van der Waals surface area contributed by atoms with E-state index in [4.69, 9.17) is 16.3 Å². The summed E-state index contributed by atoms with van der Waals surface area (Å²) >= 11 is 5.88. The average molecular weight is 451 g/mol. The van der Waals surface area contributed by atoms with Crippen LogP contribution in [0.5, 0.6) is 5.75 Å². The maximum absolute atomic E-state index is 12.8. The van der Waals surface area contributed by atoms with Gasteiger partial charge in [-0.3, -0.25) is 4.79 Å². The van der Waals surface area contributed by atoms with Crippen molar-refractivity contribution in [1.82, 2.24) is 9.62 Å². The molecular weight excluding hydrogens is 424 g/mol. The molecule has 0 spiro atoms. The van der Waals surface area contributed by atoms with E-state index in [2.05, 4.69) is 5.32 Å². The third-order valence-corrected chi connectivity index (χ3v) is 7.37. The number of benzene rings is 2. The number of carbonyl (C=O) groups is 1. The van der Waals surface area contributed by atoms with Crippen LogP contribution in [0.15, 0.2) is 47.4 Å². The van der Waals surface area contributed by atoms with E-state index >= 15 is 0 Å². The molecule has 6 nitrogen and oxygen atoms in total. The van der Waals surface area contributed by atoms with Gasteiger partial charge >= 0.3 is 0 Å². The maximum Gasteiger partial charge on any atom is 0.243 e. The van der Waals surface area contributed by atoms with Crippen LogP contribution in [0.2, 0.25) is 5.02 Å². The number of hydrogen-bond acceptors (Lipinski definition) is 4. The van der Waals surface area contributed by atoms with Gasteiger partial charge in [-0.15, -0.1) is 0 Å². The van der Waals surface area contributed by atoms with Gasteiger partial charge in [-0.05, 0) is 67.1 Å². The van der Waals surface area contributed by atoms with Gasteiger partial charge in [0, 0.05) is 31.1 Å². The first-order chi connectivity index (χ1) is 14.4. The fraction of sp³-hybridized carbons (Fsp3) is 0.409. The molecule has 1 N–H and O–H groups in total. The lowest BCUT2D eigenvalue weighted by Crippen LogP contribution is -2.28. The van der Waals surface area contributed by atoms with Gasteiger partial charge in [0.25, 0.3) is 0 Å². The highest BCUT2D eigenvalue weighted by molar-refractivity contribution is 7.89. The number of methoxy groups -OCH3 is 1. The first kappa shape index (κ1) is 22.6. The van der Waals surface area contributed by atoms with Gasteiger partial charge in [0.05, 0.1) is 12.0 Å². The fourth-order valence-corrected chi connectivity index (χ4v) is 5.22. The monoisotopic (exact) mass is 450 g/mol. The number of amides is 1. The van der Waals surface area contributed by atoms with Crippen LogP contribution in [-0.2, 0) is 27.7 Å². The van der Waals surface area contributed by atoms with Crippen LogP contribution < -0.4 is 10.1 Å². The summed E-state index contributed by atoms with van der Waals surface area (Å²) < 4.78 is 32.5. The highest BCUT2D eigenvalue weighted by Gasteiger charge is 2.27. The number of sulfonamides is 1. The Bertz CT molecular complexity index is 971. The molecule has 1 amide bonds. The van der Waals surface area contributed by atoms with Crippen molar-refractivity contribution in [3.8, 4) is 5.75 Å². The normalized spacial score (nSPS) is 14.6. The van der Waals surface area contributed by atoms with Gasteiger partial charge in [0.15, 0.2) is 0 Å². The van der Waals surface area contributed by atoms with Gasteiger partial charge in [0.2, 0.25) is 15.9 Å². The van der Waals surface area contributed by atoms with E-state index in [9.17, 15) is 13.2 Å². The van der Waals surface area contributed by atoms with Crippen LogP contribution in [0.1, 0.15) is 30.4 Å². The minimum Gasteiger partial charge on any atom is -0.496 e. The Morgan fingerprint density at radius 1 is 1.10 bits per heavy atom. The molecule has 2 aromatic rings. The summed E-state index contributed by atoms with van der Waals surface area (Å²) in [6.45, 7) is 1.64. The summed E-state index contributed by atoms with van der Waals surface area (Å²) in [7, 11) is -1.96. The number of nitrogens with one attached hydrogen (secondary N) is 1. The van der Waals surface area contributed by atoms with Crippen molar-refractivity contribution in [3.63, 3.8) is 0 Å². The molecule has 0 saturated carbocycles. The number of carbonyl (C=O) groups excluding carboxylic acids is 1. The van der Waals surface area contributed by atoms with Gasteiger partial charge < -0.3 is 10.1 Å². The number of nitrogens with zero attached hydrogens (tertiary/aromatic N) is 1.